The third-order valence-electron chi connectivity index (χ3n) is 2.97. The van der Waals surface area contributed by atoms with Gasteiger partial charge in [-0.25, -0.2) is 4.98 Å². The highest BCUT2D eigenvalue weighted by molar-refractivity contribution is 5.85. The van der Waals surface area contributed by atoms with E-state index in [1.807, 2.05) is 18.2 Å². The Morgan fingerprint density at radius 2 is 2.18 bits per heavy atom. The molecule has 0 spiro atoms. The van der Waals surface area contributed by atoms with Gasteiger partial charge in [-0.1, -0.05) is 13.0 Å². The molecule has 1 heterocycles. The Kier molecular flexibility index (Phi) is 3.33. The predicted octanol–water partition coefficient (Wildman–Crippen LogP) is 2.64. The summed E-state index contributed by atoms with van der Waals surface area (Å²) >= 11 is 0. The molecule has 0 aliphatic rings. The van der Waals surface area contributed by atoms with Crippen LogP contribution in [0.1, 0.15) is 26.7 Å². The molecule has 1 aromatic heterocycles. The first-order chi connectivity index (χ1) is 8.11. The van der Waals surface area contributed by atoms with Gasteiger partial charge in [-0.05, 0) is 32.5 Å². The summed E-state index contributed by atoms with van der Waals surface area (Å²) in [5, 5.41) is 0. The van der Waals surface area contributed by atoms with Gasteiger partial charge in [-0.2, -0.15) is 0 Å². The van der Waals surface area contributed by atoms with Crippen LogP contribution in [-0.4, -0.2) is 22.5 Å². The zero-order valence-electron chi connectivity index (χ0n) is 10.6. The van der Waals surface area contributed by atoms with Crippen LogP contribution in [0.2, 0.25) is 0 Å². The fourth-order valence-electron chi connectivity index (χ4n) is 1.92. The maximum Gasteiger partial charge on any atom is 0.209 e. The van der Waals surface area contributed by atoms with Gasteiger partial charge in [-0.15, -0.1) is 0 Å². The number of hydrogen-bond acceptors (Lipinski definition) is 4. The Morgan fingerprint density at radius 3 is 2.76 bits per heavy atom. The molecule has 0 fully saturated rings. The number of oxazole rings is 1. The standard InChI is InChI=1S/C13H19N3O/c1-4-16(9(2)3)8-12-15-13-10(14)6-5-7-11(13)17-12/h5-7,9H,4,8,14H2,1-3H3. The van der Waals surface area contributed by atoms with Crippen LogP contribution in [0, 0.1) is 0 Å². The van der Waals surface area contributed by atoms with Crippen LogP contribution in [-0.2, 0) is 6.54 Å². The van der Waals surface area contributed by atoms with Gasteiger partial charge in [0.2, 0.25) is 5.89 Å². The van der Waals surface area contributed by atoms with Crippen LogP contribution in [0.25, 0.3) is 11.1 Å². The van der Waals surface area contributed by atoms with Crippen molar-refractivity contribution in [3.05, 3.63) is 24.1 Å². The monoisotopic (exact) mass is 233 g/mol. The minimum atomic E-state index is 0.479. The summed E-state index contributed by atoms with van der Waals surface area (Å²) in [6.07, 6.45) is 0. The van der Waals surface area contributed by atoms with E-state index in [-0.39, 0.29) is 0 Å². The average molecular weight is 233 g/mol. The van der Waals surface area contributed by atoms with Crippen molar-refractivity contribution in [2.75, 3.05) is 12.3 Å². The third-order valence-corrected chi connectivity index (χ3v) is 2.97. The second-order valence-electron chi connectivity index (χ2n) is 4.46. The summed E-state index contributed by atoms with van der Waals surface area (Å²) in [6, 6.07) is 6.10. The van der Waals surface area contributed by atoms with E-state index >= 15 is 0 Å². The lowest BCUT2D eigenvalue weighted by Gasteiger charge is -2.22. The molecule has 0 saturated carbocycles. The summed E-state index contributed by atoms with van der Waals surface area (Å²) in [6.45, 7) is 8.17. The molecule has 0 bridgehead atoms. The number of rotatable bonds is 4. The number of nitrogens with two attached hydrogens (primary N) is 1. The molecular weight excluding hydrogens is 214 g/mol. The van der Waals surface area contributed by atoms with E-state index in [0.29, 0.717) is 11.7 Å². The highest BCUT2D eigenvalue weighted by Gasteiger charge is 2.13. The summed E-state index contributed by atoms with van der Waals surface area (Å²) in [5.74, 6) is 0.730. The SMILES string of the molecule is CCN(Cc1nc2c(N)cccc2o1)C(C)C. The summed E-state index contributed by atoms with van der Waals surface area (Å²) in [4.78, 5) is 6.74. The number of anilines is 1. The molecule has 1 aromatic carbocycles. The molecule has 92 valence electrons. The van der Waals surface area contributed by atoms with Gasteiger partial charge < -0.3 is 10.2 Å². The van der Waals surface area contributed by atoms with Gasteiger partial charge >= 0.3 is 0 Å². The second-order valence-corrected chi connectivity index (χ2v) is 4.46. The lowest BCUT2D eigenvalue weighted by atomic mass is 10.3. The third kappa shape index (κ3) is 2.42. The van der Waals surface area contributed by atoms with Crippen LogP contribution in [0.5, 0.6) is 0 Å². The van der Waals surface area contributed by atoms with Crippen molar-refractivity contribution in [1.29, 1.82) is 0 Å². The van der Waals surface area contributed by atoms with Crippen molar-refractivity contribution < 1.29 is 4.42 Å². The number of nitrogens with zero attached hydrogens (tertiary/aromatic N) is 2. The molecule has 0 atom stereocenters. The molecule has 0 radical (unpaired) electrons. The highest BCUT2D eigenvalue weighted by Crippen LogP contribution is 2.22. The first-order valence-corrected chi connectivity index (χ1v) is 5.99. The van der Waals surface area contributed by atoms with Crippen molar-refractivity contribution in [1.82, 2.24) is 9.88 Å². The first-order valence-electron chi connectivity index (χ1n) is 5.99. The van der Waals surface area contributed by atoms with Gasteiger partial charge in [0, 0.05) is 6.04 Å². The molecule has 0 unspecified atom stereocenters. The van der Waals surface area contributed by atoms with Crippen molar-refractivity contribution >= 4 is 16.8 Å². The Hall–Kier alpha value is -1.55. The van der Waals surface area contributed by atoms with Crippen molar-refractivity contribution in [2.45, 2.75) is 33.4 Å². The summed E-state index contributed by atoms with van der Waals surface area (Å²) in [5.41, 5.74) is 8.06. The number of benzene rings is 1. The van der Waals surface area contributed by atoms with Gasteiger partial charge in [0.1, 0.15) is 5.52 Å². The van der Waals surface area contributed by atoms with E-state index in [2.05, 4.69) is 30.7 Å². The van der Waals surface area contributed by atoms with E-state index in [9.17, 15) is 0 Å². The molecule has 0 aliphatic carbocycles. The molecule has 2 aromatic rings. The van der Waals surface area contributed by atoms with Gasteiger partial charge in [-0.3, -0.25) is 4.90 Å². The molecule has 2 N–H and O–H groups in total. The number of fused-ring (bicyclic) bond motifs is 1. The lowest BCUT2D eigenvalue weighted by molar-refractivity contribution is 0.205. The Morgan fingerprint density at radius 1 is 1.41 bits per heavy atom. The number of aromatic nitrogens is 1. The normalized spacial score (nSPS) is 11.8. The quantitative estimate of drug-likeness (QED) is 0.825. The van der Waals surface area contributed by atoms with Crippen LogP contribution < -0.4 is 5.73 Å². The minimum absolute atomic E-state index is 0.479. The highest BCUT2D eigenvalue weighted by atomic mass is 16.3. The minimum Gasteiger partial charge on any atom is -0.439 e. The second kappa shape index (κ2) is 4.75. The van der Waals surface area contributed by atoms with Gasteiger partial charge in [0.25, 0.3) is 0 Å². The van der Waals surface area contributed by atoms with Crippen LogP contribution >= 0.6 is 0 Å². The smallest absolute Gasteiger partial charge is 0.209 e. The molecule has 4 nitrogen and oxygen atoms in total. The fourth-order valence-corrected chi connectivity index (χ4v) is 1.92. The molecule has 2 rings (SSSR count). The van der Waals surface area contributed by atoms with E-state index in [1.165, 1.54) is 0 Å². The van der Waals surface area contributed by atoms with Crippen molar-refractivity contribution in [2.24, 2.45) is 0 Å². The maximum atomic E-state index is 5.86. The van der Waals surface area contributed by atoms with Crippen LogP contribution in [0.4, 0.5) is 5.69 Å². The molecular formula is C13H19N3O. The molecule has 17 heavy (non-hydrogen) atoms. The van der Waals surface area contributed by atoms with Gasteiger partial charge in [0.15, 0.2) is 5.58 Å². The number of hydrogen-bond donors (Lipinski definition) is 1. The summed E-state index contributed by atoms with van der Waals surface area (Å²) < 4.78 is 5.70. The van der Waals surface area contributed by atoms with Crippen molar-refractivity contribution in [3.63, 3.8) is 0 Å². The van der Waals surface area contributed by atoms with Crippen LogP contribution in [0.15, 0.2) is 22.6 Å². The molecule has 0 saturated heterocycles. The van der Waals surface area contributed by atoms with Gasteiger partial charge in [0.05, 0.1) is 12.2 Å². The number of nitrogen functional groups attached to an aromatic ring is 1. The number of para-hydroxylation sites is 1. The molecule has 4 heteroatoms. The molecule has 0 aliphatic heterocycles. The lowest BCUT2D eigenvalue weighted by Crippen LogP contribution is -2.30. The van der Waals surface area contributed by atoms with E-state index in [4.69, 9.17) is 10.2 Å². The zero-order chi connectivity index (χ0) is 12.4. The van der Waals surface area contributed by atoms with Crippen molar-refractivity contribution in [3.8, 4) is 0 Å². The van der Waals surface area contributed by atoms with E-state index in [1.54, 1.807) is 0 Å². The van der Waals surface area contributed by atoms with E-state index < -0.39 is 0 Å². The Bertz CT molecular complexity index is 504. The largest absolute Gasteiger partial charge is 0.439 e. The fraction of sp³-hybridized carbons (Fsp3) is 0.462. The van der Waals surface area contributed by atoms with E-state index in [0.717, 1.165) is 30.1 Å². The molecule has 0 amide bonds. The summed E-state index contributed by atoms with van der Waals surface area (Å²) in [7, 11) is 0. The first kappa shape index (κ1) is 11.9. The Balaban J connectivity index is 2.28. The topological polar surface area (TPSA) is 55.3 Å². The predicted molar refractivity (Wildman–Crippen MR) is 69.6 cm³/mol. The maximum absolute atomic E-state index is 5.86. The van der Waals surface area contributed by atoms with Crippen LogP contribution in [0.3, 0.4) is 0 Å². The average Bonchev–Trinajstić information content (AvgIpc) is 2.69. The Labute approximate surface area is 101 Å². The zero-order valence-corrected chi connectivity index (χ0v) is 10.6.